The smallest absolute Gasteiger partial charge is 0.00159 e. The van der Waals surface area contributed by atoms with Crippen LogP contribution >= 0.6 is 0 Å². The fraction of sp³-hybridized carbons (Fsp3) is 1.00. The van der Waals surface area contributed by atoms with E-state index in [9.17, 15) is 0 Å². The van der Waals surface area contributed by atoms with Crippen LogP contribution in [0.25, 0.3) is 0 Å². The second-order valence-corrected chi connectivity index (χ2v) is 7.82. The third-order valence-corrected chi connectivity index (χ3v) is 5.36. The number of nitrogens with one attached hydrogen (secondary N) is 1. The molecule has 0 aromatic rings. The van der Waals surface area contributed by atoms with E-state index >= 15 is 0 Å². The van der Waals surface area contributed by atoms with Gasteiger partial charge in [0.1, 0.15) is 0 Å². The fourth-order valence-electron chi connectivity index (χ4n) is 3.78. The molecule has 1 unspecified atom stereocenters. The first kappa shape index (κ1) is 15.3. The van der Waals surface area contributed by atoms with E-state index in [1.165, 1.54) is 71.2 Å². The van der Waals surface area contributed by atoms with Gasteiger partial charge in [-0.2, -0.15) is 0 Å². The summed E-state index contributed by atoms with van der Waals surface area (Å²) in [5.74, 6) is 1.92. The van der Waals surface area contributed by atoms with Crippen molar-refractivity contribution in [2.24, 2.45) is 17.3 Å². The first-order valence-electron chi connectivity index (χ1n) is 8.49. The summed E-state index contributed by atoms with van der Waals surface area (Å²) in [6.07, 6.45) is 8.50. The number of nitrogens with zero attached hydrogens (tertiary/aromatic N) is 1. The molecule has 0 aliphatic carbocycles. The summed E-state index contributed by atoms with van der Waals surface area (Å²) in [5, 5.41) is 3.47. The summed E-state index contributed by atoms with van der Waals surface area (Å²) >= 11 is 0. The van der Waals surface area contributed by atoms with Crippen molar-refractivity contribution in [2.75, 3.05) is 32.7 Å². The molecule has 0 aromatic heterocycles. The first-order valence-corrected chi connectivity index (χ1v) is 8.49. The molecule has 2 fully saturated rings. The molecule has 112 valence electrons. The molecule has 2 heterocycles. The highest BCUT2D eigenvalue weighted by Crippen LogP contribution is 2.34. The van der Waals surface area contributed by atoms with Gasteiger partial charge in [0.25, 0.3) is 0 Å². The number of piperidine rings is 1. The Balaban J connectivity index is 1.70. The van der Waals surface area contributed by atoms with Crippen LogP contribution in [0.15, 0.2) is 0 Å². The molecular formula is C17H34N2. The number of hydrogen-bond acceptors (Lipinski definition) is 2. The van der Waals surface area contributed by atoms with Gasteiger partial charge in [0.15, 0.2) is 0 Å². The van der Waals surface area contributed by atoms with Crippen LogP contribution in [0.1, 0.15) is 59.3 Å². The van der Waals surface area contributed by atoms with Crippen molar-refractivity contribution in [3.8, 4) is 0 Å². The Kier molecular flexibility index (Phi) is 5.70. The van der Waals surface area contributed by atoms with E-state index in [1.54, 1.807) is 0 Å². The Morgan fingerprint density at radius 3 is 2.42 bits per heavy atom. The fourth-order valence-corrected chi connectivity index (χ4v) is 3.78. The van der Waals surface area contributed by atoms with Crippen molar-refractivity contribution in [3.05, 3.63) is 0 Å². The van der Waals surface area contributed by atoms with Gasteiger partial charge in [0.2, 0.25) is 0 Å². The molecule has 0 amide bonds. The molecule has 0 saturated carbocycles. The van der Waals surface area contributed by atoms with E-state index in [2.05, 4.69) is 31.0 Å². The highest BCUT2D eigenvalue weighted by atomic mass is 15.1. The summed E-state index contributed by atoms with van der Waals surface area (Å²) in [6.45, 7) is 13.8. The second kappa shape index (κ2) is 7.08. The summed E-state index contributed by atoms with van der Waals surface area (Å²) in [5.41, 5.74) is 0.505. The van der Waals surface area contributed by atoms with Crippen molar-refractivity contribution in [1.29, 1.82) is 0 Å². The van der Waals surface area contributed by atoms with Crippen LogP contribution in [0.2, 0.25) is 0 Å². The predicted molar refractivity (Wildman–Crippen MR) is 83.4 cm³/mol. The standard InChI is InChI=1S/C17H34N2/c1-17(2,3)16-5-4-12-19(14-9-16)13-8-15-6-10-18-11-7-15/h15-16,18H,4-14H2,1-3H3. The SMILES string of the molecule is CC(C)(C)C1CCCN(CCC2CCNCC2)CC1. The van der Waals surface area contributed by atoms with Crippen molar-refractivity contribution < 1.29 is 0 Å². The summed E-state index contributed by atoms with van der Waals surface area (Å²) in [4.78, 5) is 2.74. The third-order valence-electron chi connectivity index (χ3n) is 5.36. The quantitative estimate of drug-likeness (QED) is 0.841. The minimum atomic E-state index is 0.505. The van der Waals surface area contributed by atoms with Gasteiger partial charge in [0, 0.05) is 0 Å². The van der Waals surface area contributed by atoms with E-state index in [1.807, 2.05) is 0 Å². The normalized spacial score (nSPS) is 28.3. The van der Waals surface area contributed by atoms with E-state index in [-0.39, 0.29) is 0 Å². The van der Waals surface area contributed by atoms with Gasteiger partial charge >= 0.3 is 0 Å². The number of rotatable bonds is 3. The molecule has 2 nitrogen and oxygen atoms in total. The molecule has 2 aliphatic heterocycles. The van der Waals surface area contributed by atoms with Crippen LogP contribution in [-0.4, -0.2) is 37.6 Å². The van der Waals surface area contributed by atoms with Crippen molar-refractivity contribution >= 4 is 0 Å². The van der Waals surface area contributed by atoms with Gasteiger partial charge in [0.05, 0.1) is 0 Å². The average molecular weight is 266 g/mol. The Morgan fingerprint density at radius 1 is 1.00 bits per heavy atom. The van der Waals surface area contributed by atoms with Crippen LogP contribution in [-0.2, 0) is 0 Å². The lowest BCUT2D eigenvalue weighted by Crippen LogP contribution is -2.32. The predicted octanol–water partition coefficient (Wildman–Crippen LogP) is 3.52. The molecule has 19 heavy (non-hydrogen) atoms. The van der Waals surface area contributed by atoms with Gasteiger partial charge < -0.3 is 10.2 Å². The van der Waals surface area contributed by atoms with Crippen LogP contribution in [0.4, 0.5) is 0 Å². The zero-order valence-corrected chi connectivity index (χ0v) is 13.4. The minimum Gasteiger partial charge on any atom is -0.317 e. The Morgan fingerprint density at radius 2 is 1.74 bits per heavy atom. The van der Waals surface area contributed by atoms with E-state index in [4.69, 9.17) is 0 Å². The minimum absolute atomic E-state index is 0.505. The van der Waals surface area contributed by atoms with E-state index < -0.39 is 0 Å². The van der Waals surface area contributed by atoms with Crippen LogP contribution < -0.4 is 5.32 Å². The van der Waals surface area contributed by atoms with Crippen LogP contribution in [0, 0.1) is 17.3 Å². The highest BCUT2D eigenvalue weighted by molar-refractivity contribution is 4.79. The summed E-state index contributed by atoms with van der Waals surface area (Å²) < 4.78 is 0. The molecule has 2 rings (SSSR count). The Bertz CT molecular complexity index is 250. The lowest BCUT2D eigenvalue weighted by molar-refractivity contribution is 0.202. The maximum Gasteiger partial charge on any atom is -0.00159 e. The zero-order chi connectivity index (χ0) is 13.7. The average Bonchev–Trinajstić information content (AvgIpc) is 2.62. The maximum absolute atomic E-state index is 3.47. The van der Waals surface area contributed by atoms with Crippen LogP contribution in [0.3, 0.4) is 0 Å². The van der Waals surface area contributed by atoms with Crippen LogP contribution in [0.5, 0.6) is 0 Å². The van der Waals surface area contributed by atoms with Crippen molar-refractivity contribution in [3.63, 3.8) is 0 Å². The van der Waals surface area contributed by atoms with Crippen molar-refractivity contribution in [1.82, 2.24) is 10.2 Å². The lowest BCUT2D eigenvalue weighted by Gasteiger charge is -2.30. The lowest BCUT2D eigenvalue weighted by atomic mass is 9.77. The van der Waals surface area contributed by atoms with E-state index in [0.29, 0.717) is 5.41 Å². The Labute approximate surface area is 120 Å². The third kappa shape index (κ3) is 5.07. The largest absolute Gasteiger partial charge is 0.317 e. The molecule has 0 aromatic carbocycles. The highest BCUT2D eigenvalue weighted by Gasteiger charge is 2.27. The maximum atomic E-state index is 3.47. The molecular weight excluding hydrogens is 232 g/mol. The first-order chi connectivity index (χ1) is 9.05. The molecule has 1 N–H and O–H groups in total. The molecule has 2 aliphatic rings. The molecule has 2 saturated heterocycles. The molecule has 2 heteroatoms. The van der Waals surface area contributed by atoms with Gasteiger partial charge in [-0.25, -0.2) is 0 Å². The number of hydrogen-bond donors (Lipinski definition) is 1. The topological polar surface area (TPSA) is 15.3 Å². The Hall–Kier alpha value is -0.0800. The molecule has 1 atom stereocenters. The number of likely N-dealkylation sites (tertiary alicyclic amines) is 1. The van der Waals surface area contributed by atoms with Crippen molar-refractivity contribution in [2.45, 2.75) is 59.3 Å². The molecule has 0 radical (unpaired) electrons. The van der Waals surface area contributed by atoms with Gasteiger partial charge in [-0.15, -0.1) is 0 Å². The van der Waals surface area contributed by atoms with Gasteiger partial charge in [-0.1, -0.05) is 20.8 Å². The van der Waals surface area contributed by atoms with Gasteiger partial charge in [-0.05, 0) is 88.5 Å². The summed E-state index contributed by atoms with van der Waals surface area (Å²) in [7, 11) is 0. The summed E-state index contributed by atoms with van der Waals surface area (Å²) in [6, 6.07) is 0. The van der Waals surface area contributed by atoms with E-state index in [0.717, 1.165) is 11.8 Å². The molecule has 0 spiro atoms. The van der Waals surface area contributed by atoms with Gasteiger partial charge in [-0.3, -0.25) is 0 Å². The second-order valence-electron chi connectivity index (χ2n) is 7.82. The molecule has 0 bridgehead atoms. The zero-order valence-electron chi connectivity index (χ0n) is 13.4. The monoisotopic (exact) mass is 266 g/mol.